The van der Waals surface area contributed by atoms with Crippen molar-refractivity contribution in [1.82, 2.24) is 4.98 Å². The van der Waals surface area contributed by atoms with Crippen molar-refractivity contribution >= 4 is 22.4 Å². The average molecular weight is 393 g/mol. The number of nitrogens with zero attached hydrogens (tertiary/aromatic N) is 2. The van der Waals surface area contributed by atoms with Gasteiger partial charge < -0.3 is 4.74 Å². The summed E-state index contributed by atoms with van der Waals surface area (Å²) in [6.07, 6.45) is 1.71. The molecule has 2 aromatic carbocycles. The smallest absolute Gasteiger partial charge is 0.232 e. The zero-order chi connectivity index (χ0) is 19.5. The van der Waals surface area contributed by atoms with E-state index in [9.17, 15) is 4.79 Å². The van der Waals surface area contributed by atoms with Crippen LogP contribution < -0.4 is 9.64 Å². The third-order valence-corrected chi connectivity index (χ3v) is 6.18. The Morgan fingerprint density at radius 3 is 2.75 bits per heavy atom. The Kier molecular flexibility index (Phi) is 5.44. The number of anilines is 1. The van der Waals surface area contributed by atoms with Crippen LogP contribution in [0.4, 0.5) is 5.13 Å². The van der Waals surface area contributed by atoms with Crippen LogP contribution in [0.2, 0.25) is 0 Å². The van der Waals surface area contributed by atoms with Crippen molar-refractivity contribution in [2.45, 2.75) is 25.7 Å². The van der Waals surface area contributed by atoms with Crippen molar-refractivity contribution in [1.29, 1.82) is 0 Å². The Morgan fingerprint density at radius 2 is 2.04 bits per heavy atom. The van der Waals surface area contributed by atoms with Gasteiger partial charge in [-0.05, 0) is 48.9 Å². The molecule has 5 heteroatoms. The van der Waals surface area contributed by atoms with Gasteiger partial charge in [-0.3, -0.25) is 9.69 Å². The van der Waals surface area contributed by atoms with Gasteiger partial charge in [-0.25, -0.2) is 4.98 Å². The number of methoxy groups -OCH3 is 1. The molecule has 2 atom stereocenters. The van der Waals surface area contributed by atoms with Crippen LogP contribution in [0.1, 0.15) is 29.2 Å². The summed E-state index contributed by atoms with van der Waals surface area (Å²) in [7, 11) is 1.67. The van der Waals surface area contributed by atoms with Crippen molar-refractivity contribution in [3.05, 3.63) is 76.8 Å². The predicted octanol–water partition coefficient (Wildman–Crippen LogP) is 4.84. The summed E-state index contributed by atoms with van der Waals surface area (Å²) in [5.74, 6) is 1.31. The van der Waals surface area contributed by atoms with Crippen LogP contribution in [-0.4, -0.2) is 24.5 Å². The number of amides is 1. The minimum absolute atomic E-state index is 0.0204. The molecule has 1 saturated carbocycles. The standard InChI is InChI=1S/C23H24N2O2S/c1-16-15-28-23(24-16)25(12-11-17-7-4-3-5-8-17)22(26)21-14-20(21)18-9-6-10-19(13-18)27-2/h3-10,13,15,20-21H,11-12,14H2,1-2H3/t20-,21-/m0/s1. The van der Waals surface area contributed by atoms with Gasteiger partial charge >= 0.3 is 0 Å². The third-order valence-electron chi connectivity index (χ3n) is 5.20. The first-order chi connectivity index (χ1) is 13.7. The maximum Gasteiger partial charge on any atom is 0.232 e. The molecule has 1 aromatic heterocycles. The summed E-state index contributed by atoms with van der Waals surface area (Å²) in [6.45, 7) is 2.62. The number of rotatable bonds is 7. The van der Waals surface area contributed by atoms with Gasteiger partial charge in [0, 0.05) is 17.8 Å². The highest BCUT2D eigenvalue weighted by Gasteiger charge is 2.46. The Hall–Kier alpha value is -2.66. The highest BCUT2D eigenvalue weighted by molar-refractivity contribution is 7.14. The number of benzene rings is 2. The Morgan fingerprint density at radius 1 is 1.21 bits per heavy atom. The second-order valence-electron chi connectivity index (χ2n) is 7.22. The van der Waals surface area contributed by atoms with E-state index >= 15 is 0 Å². The van der Waals surface area contributed by atoms with Crippen molar-refractivity contribution < 1.29 is 9.53 Å². The van der Waals surface area contributed by atoms with E-state index in [4.69, 9.17) is 4.74 Å². The van der Waals surface area contributed by atoms with Crippen LogP contribution in [0, 0.1) is 12.8 Å². The van der Waals surface area contributed by atoms with Gasteiger partial charge in [-0.1, -0.05) is 42.5 Å². The molecular weight excluding hydrogens is 368 g/mol. The third kappa shape index (κ3) is 4.09. The molecule has 0 saturated heterocycles. The molecule has 4 nitrogen and oxygen atoms in total. The normalized spacial score (nSPS) is 17.9. The first kappa shape index (κ1) is 18.7. The second-order valence-corrected chi connectivity index (χ2v) is 8.06. The molecule has 1 aliphatic carbocycles. The summed E-state index contributed by atoms with van der Waals surface area (Å²) in [5.41, 5.74) is 3.36. The molecule has 0 aliphatic heterocycles. The zero-order valence-corrected chi connectivity index (χ0v) is 17.0. The molecule has 1 fully saturated rings. The van der Waals surface area contributed by atoms with E-state index in [0.717, 1.165) is 29.4 Å². The Bertz CT molecular complexity index is 954. The highest BCUT2D eigenvalue weighted by atomic mass is 32.1. The van der Waals surface area contributed by atoms with E-state index in [1.807, 2.05) is 53.6 Å². The van der Waals surface area contributed by atoms with Crippen LogP contribution in [0.5, 0.6) is 5.75 Å². The molecule has 0 bridgehead atoms. The summed E-state index contributed by atoms with van der Waals surface area (Å²) in [6, 6.07) is 18.3. The van der Waals surface area contributed by atoms with Crippen molar-refractivity contribution in [2.24, 2.45) is 5.92 Å². The van der Waals surface area contributed by atoms with Crippen LogP contribution in [0.15, 0.2) is 60.0 Å². The Balaban J connectivity index is 1.50. The van der Waals surface area contributed by atoms with Gasteiger partial charge in [0.1, 0.15) is 5.75 Å². The zero-order valence-electron chi connectivity index (χ0n) is 16.2. The predicted molar refractivity (Wildman–Crippen MR) is 113 cm³/mol. The fourth-order valence-electron chi connectivity index (χ4n) is 3.56. The first-order valence-corrected chi connectivity index (χ1v) is 10.4. The number of hydrogen-bond acceptors (Lipinski definition) is 4. The van der Waals surface area contributed by atoms with E-state index in [1.54, 1.807) is 18.4 Å². The highest BCUT2D eigenvalue weighted by Crippen LogP contribution is 2.49. The summed E-state index contributed by atoms with van der Waals surface area (Å²) in [5, 5.41) is 2.81. The molecule has 28 heavy (non-hydrogen) atoms. The molecule has 3 aromatic rings. The minimum atomic E-state index is 0.0204. The van der Waals surface area contributed by atoms with Crippen molar-refractivity contribution in [3.63, 3.8) is 0 Å². The van der Waals surface area contributed by atoms with Crippen molar-refractivity contribution in [3.8, 4) is 5.75 Å². The molecule has 1 amide bonds. The largest absolute Gasteiger partial charge is 0.497 e. The summed E-state index contributed by atoms with van der Waals surface area (Å²) < 4.78 is 5.33. The molecule has 4 rings (SSSR count). The lowest BCUT2D eigenvalue weighted by atomic mass is 10.1. The molecule has 1 heterocycles. The molecule has 0 unspecified atom stereocenters. The molecule has 0 N–H and O–H groups in total. The van der Waals surface area contributed by atoms with Gasteiger partial charge in [0.25, 0.3) is 0 Å². The number of hydrogen-bond donors (Lipinski definition) is 0. The monoisotopic (exact) mass is 392 g/mol. The maximum atomic E-state index is 13.3. The fourth-order valence-corrected chi connectivity index (χ4v) is 4.39. The number of aryl methyl sites for hydroxylation is 1. The van der Waals surface area contributed by atoms with Gasteiger partial charge in [0.05, 0.1) is 12.8 Å². The number of ether oxygens (including phenoxy) is 1. The van der Waals surface area contributed by atoms with E-state index < -0.39 is 0 Å². The number of thiazole rings is 1. The minimum Gasteiger partial charge on any atom is -0.497 e. The number of carbonyl (C=O) groups is 1. The summed E-state index contributed by atoms with van der Waals surface area (Å²) >= 11 is 1.54. The molecule has 0 spiro atoms. The molecule has 1 aliphatic rings. The number of aromatic nitrogens is 1. The van der Waals surface area contributed by atoms with Crippen molar-refractivity contribution in [2.75, 3.05) is 18.6 Å². The number of carbonyl (C=O) groups excluding carboxylic acids is 1. The lowest BCUT2D eigenvalue weighted by Gasteiger charge is -2.20. The lowest BCUT2D eigenvalue weighted by Crippen LogP contribution is -2.34. The SMILES string of the molecule is COc1cccc([C@@H]2C[C@@H]2C(=O)N(CCc2ccccc2)c2nc(C)cs2)c1. The first-order valence-electron chi connectivity index (χ1n) is 9.57. The quantitative estimate of drug-likeness (QED) is 0.578. The maximum absolute atomic E-state index is 13.3. The van der Waals surface area contributed by atoms with Gasteiger partial charge in [0.2, 0.25) is 5.91 Å². The summed E-state index contributed by atoms with van der Waals surface area (Å²) in [4.78, 5) is 19.8. The van der Waals surface area contributed by atoms with E-state index in [2.05, 4.69) is 23.2 Å². The topological polar surface area (TPSA) is 42.4 Å². The van der Waals surface area contributed by atoms with Crippen LogP contribution in [0.25, 0.3) is 0 Å². The fraction of sp³-hybridized carbons (Fsp3) is 0.304. The van der Waals surface area contributed by atoms with Crippen LogP contribution in [-0.2, 0) is 11.2 Å². The molecule has 144 valence electrons. The van der Waals surface area contributed by atoms with Gasteiger partial charge in [-0.15, -0.1) is 11.3 Å². The van der Waals surface area contributed by atoms with Gasteiger partial charge in [0.15, 0.2) is 5.13 Å². The Labute approximate surface area is 169 Å². The van der Waals surface area contributed by atoms with E-state index in [1.165, 1.54) is 11.1 Å². The molecule has 0 radical (unpaired) electrons. The van der Waals surface area contributed by atoms with Crippen LogP contribution >= 0.6 is 11.3 Å². The van der Waals surface area contributed by atoms with E-state index in [0.29, 0.717) is 6.54 Å². The molecular formula is C23H24N2O2S. The van der Waals surface area contributed by atoms with E-state index in [-0.39, 0.29) is 17.7 Å². The average Bonchev–Trinajstić information content (AvgIpc) is 3.43. The lowest BCUT2D eigenvalue weighted by molar-refractivity contribution is -0.119. The van der Waals surface area contributed by atoms with Crippen LogP contribution in [0.3, 0.4) is 0 Å². The van der Waals surface area contributed by atoms with Gasteiger partial charge in [-0.2, -0.15) is 0 Å². The second kappa shape index (κ2) is 8.15.